The minimum atomic E-state index is 0.409. The number of hydrogen-bond donors (Lipinski definition) is 0. The van der Waals surface area contributed by atoms with E-state index in [4.69, 9.17) is 0 Å². The molecule has 15 rings (SSSR count). The highest BCUT2D eigenvalue weighted by Gasteiger charge is 2.51. The smallest absolute Gasteiger partial charge is 0.0541 e. The van der Waals surface area contributed by atoms with Gasteiger partial charge in [-0.1, -0.05) is 170 Å². The van der Waals surface area contributed by atoms with Gasteiger partial charge in [-0.25, -0.2) is 0 Å². The predicted octanol–water partition coefficient (Wildman–Crippen LogP) is 18.5. The Bertz CT molecular complexity index is 3670. The molecule has 1 aromatic heterocycles. The van der Waals surface area contributed by atoms with E-state index in [0.717, 1.165) is 34.8 Å². The molecule has 2 heteroatoms. The van der Waals surface area contributed by atoms with Gasteiger partial charge in [0.05, 0.1) is 11.0 Å². The van der Waals surface area contributed by atoms with E-state index >= 15 is 0 Å². The Morgan fingerprint density at radius 3 is 1.51 bits per heavy atom. The van der Waals surface area contributed by atoms with E-state index in [1.54, 1.807) is 5.56 Å². The largest absolute Gasteiger partial charge is 0.310 e. The topological polar surface area (TPSA) is 8.17 Å². The van der Waals surface area contributed by atoms with Gasteiger partial charge in [-0.15, -0.1) is 0 Å². The molecule has 0 amide bonds. The minimum absolute atomic E-state index is 0.409. The molecule has 0 spiro atoms. The van der Waals surface area contributed by atoms with Crippen LogP contribution in [-0.4, -0.2) is 4.57 Å². The summed E-state index contributed by atoms with van der Waals surface area (Å²) in [6.07, 6.45) is 8.63. The zero-order valence-corrected chi connectivity index (χ0v) is 39.4. The van der Waals surface area contributed by atoms with Gasteiger partial charge in [0, 0.05) is 33.5 Å². The lowest BCUT2D eigenvalue weighted by atomic mass is 9.48. The Labute approximate surface area is 411 Å². The van der Waals surface area contributed by atoms with Crippen molar-refractivity contribution in [2.45, 2.75) is 43.9 Å². The van der Waals surface area contributed by atoms with E-state index in [0.29, 0.717) is 5.41 Å². The number of fused-ring (bicyclic) bond motifs is 4. The highest BCUT2D eigenvalue weighted by Crippen LogP contribution is 2.61. The van der Waals surface area contributed by atoms with Crippen LogP contribution in [0.2, 0.25) is 0 Å². The maximum Gasteiger partial charge on any atom is 0.0541 e. The fraction of sp³-hybridized carbons (Fsp3) is 0.147. The molecule has 1 heterocycles. The molecule has 4 saturated carbocycles. The number of benzene rings is 10. The Balaban J connectivity index is 0.848. The van der Waals surface area contributed by atoms with Crippen molar-refractivity contribution >= 4 is 49.6 Å². The monoisotopic (exact) mass is 898 g/mol. The average Bonchev–Trinajstić information content (AvgIpc) is 3.75. The summed E-state index contributed by atoms with van der Waals surface area (Å²) >= 11 is 0. The number of para-hydroxylation sites is 2. The number of nitrogens with zero attached hydrogens (tertiary/aromatic N) is 2. The molecule has 4 bridgehead atoms. The van der Waals surface area contributed by atoms with Gasteiger partial charge in [-0.3, -0.25) is 0 Å². The maximum absolute atomic E-state index is 2.48. The third-order valence-electron chi connectivity index (χ3n) is 16.5. The van der Waals surface area contributed by atoms with Crippen molar-refractivity contribution in [3.63, 3.8) is 0 Å². The van der Waals surface area contributed by atoms with E-state index in [2.05, 4.69) is 246 Å². The van der Waals surface area contributed by atoms with E-state index in [1.807, 2.05) is 0 Å². The SMILES string of the molecule is c1ccc(-c2cccc3cccc(-c4ccc(N(c5ccc(-c6ccc(C78CC9CC(CC(C9)C7)C8)cc6)cc5)c5cccc(-c6ccc7c(c6)c6ccccc6n7-c6ccccc6)c5)cc4)c23)cc1. The van der Waals surface area contributed by atoms with E-state index < -0.39 is 0 Å². The van der Waals surface area contributed by atoms with Crippen LogP contribution in [0.3, 0.4) is 0 Å². The zero-order valence-electron chi connectivity index (χ0n) is 39.4. The van der Waals surface area contributed by atoms with Gasteiger partial charge in [-0.05, 0) is 189 Å². The molecule has 4 aliphatic carbocycles. The van der Waals surface area contributed by atoms with Gasteiger partial charge in [-0.2, -0.15) is 0 Å². The lowest BCUT2D eigenvalue weighted by molar-refractivity contribution is -0.00518. The summed E-state index contributed by atoms with van der Waals surface area (Å²) in [5.41, 5.74) is 18.7. The van der Waals surface area contributed by atoms with Gasteiger partial charge < -0.3 is 9.47 Å². The summed E-state index contributed by atoms with van der Waals surface area (Å²) < 4.78 is 2.39. The van der Waals surface area contributed by atoms with Crippen molar-refractivity contribution in [2.24, 2.45) is 17.8 Å². The molecule has 2 nitrogen and oxygen atoms in total. The first-order chi connectivity index (χ1) is 34.6. The Morgan fingerprint density at radius 2 is 0.857 bits per heavy atom. The van der Waals surface area contributed by atoms with Gasteiger partial charge >= 0.3 is 0 Å². The van der Waals surface area contributed by atoms with Crippen LogP contribution in [0.4, 0.5) is 17.1 Å². The van der Waals surface area contributed by atoms with Crippen LogP contribution in [0.25, 0.3) is 82.8 Å². The fourth-order valence-corrected chi connectivity index (χ4v) is 13.8. The molecule has 0 saturated heterocycles. The van der Waals surface area contributed by atoms with Crippen molar-refractivity contribution in [3.8, 4) is 50.2 Å². The lowest BCUT2D eigenvalue weighted by Gasteiger charge is -2.57. The second-order valence-electron chi connectivity index (χ2n) is 20.8. The molecule has 0 atom stereocenters. The summed E-state index contributed by atoms with van der Waals surface area (Å²) in [5.74, 6) is 2.84. The van der Waals surface area contributed by atoms with E-state index in [9.17, 15) is 0 Å². The highest BCUT2D eigenvalue weighted by molar-refractivity contribution is 6.11. The van der Waals surface area contributed by atoms with Crippen LogP contribution in [-0.2, 0) is 5.41 Å². The summed E-state index contributed by atoms with van der Waals surface area (Å²) in [6.45, 7) is 0. The van der Waals surface area contributed by atoms with E-state index in [1.165, 1.54) is 121 Å². The van der Waals surface area contributed by atoms with Crippen LogP contribution in [0, 0.1) is 17.8 Å². The third-order valence-corrected chi connectivity index (χ3v) is 16.5. The second kappa shape index (κ2) is 16.6. The molecule has 10 aromatic carbocycles. The van der Waals surface area contributed by atoms with Crippen molar-refractivity contribution in [1.82, 2.24) is 4.57 Å². The molecule has 11 aromatic rings. The standard InChI is InChI=1S/C68H54N2/c1-3-12-51(13-4-1)61-21-10-14-53-15-11-22-62(67(53)61)52-28-35-59(36-29-52)69(58-33-26-50(27-34-58)49-24-31-56(32-25-49)68-43-46-38-47(44-68)40-48(39-46)45-68)60-19-9-16-54(41-60)55-30-37-66-64(42-55)63-20-7-8-23-65(63)70(66)57-17-5-2-6-18-57/h1-37,41-42,46-48H,38-40,43-45H2. The quantitative estimate of drug-likeness (QED) is 0.140. The summed E-state index contributed by atoms with van der Waals surface area (Å²) in [7, 11) is 0. The molecule has 4 fully saturated rings. The lowest BCUT2D eigenvalue weighted by Crippen LogP contribution is -2.48. The Morgan fingerprint density at radius 1 is 0.357 bits per heavy atom. The average molecular weight is 899 g/mol. The van der Waals surface area contributed by atoms with Crippen LogP contribution in [0.5, 0.6) is 0 Å². The molecule has 336 valence electrons. The second-order valence-corrected chi connectivity index (χ2v) is 20.8. The number of hydrogen-bond acceptors (Lipinski definition) is 1. The molecular weight excluding hydrogens is 845 g/mol. The maximum atomic E-state index is 2.48. The molecule has 70 heavy (non-hydrogen) atoms. The first-order valence-corrected chi connectivity index (χ1v) is 25.5. The summed E-state index contributed by atoms with van der Waals surface area (Å²) in [6, 6.07) is 87.9. The molecule has 4 aliphatic rings. The van der Waals surface area contributed by atoms with Crippen LogP contribution in [0.15, 0.2) is 237 Å². The summed E-state index contributed by atoms with van der Waals surface area (Å²) in [5, 5.41) is 5.02. The number of rotatable bonds is 9. The molecule has 0 radical (unpaired) electrons. The van der Waals surface area contributed by atoms with E-state index in [-0.39, 0.29) is 0 Å². The molecular formula is C68H54N2. The van der Waals surface area contributed by atoms with Crippen molar-refractivity contribution in [2.75, 3.05) is 4.90 Å². The highest BCUT2D eigenvalue weighted by atomic mass is 15.1. The molecule has 0 N–H and O–H groups in total. The van der Waals surface area contributed by atoms with Crippen LogP contribution >= 0.6 is 0 Å². The van der Waals surface area contributed by atoms with Gasteiger partial charge in [0.25, 0.3) is 0 Å². The van der Waals surface area contributed by atoms with Gasteiger partial charge in [0.15, 0.2) is 0 Å². The first-order valence-electron chi connectivity index (χ1n) is 25.5. The Kier molecular flexibility index (Phi) is 9.76. The Hall–Kier alpha value is -7.94. The molecule has 0 unspecified atom stereocenters. The molecule has 0 aliphatic heterocycles. The minimum Gasteiger partial charge on any atom is -0.310 e. The zero-order chi connectivity index (χ0) is 46.2. The third kappa shape index (κ3) is 6.99. The predicted molar refractivity (Wildman–Crippen MR) is 295 cm³/mol. The number of anilines is 3. The van der Waals surface area contributed by atoms with Gasteiger partial charge in [0.1, 0.15) is 0 Å². The normalized spacial score (nSPS) is 19.3. The van der Waals surface area contributed by atoms with Crippen LogP contribution < -0.4 is 4.90 Å². The fourth-order valence-electron chi connectivity index (χ4n) is 13.8. The van der Waals surface area contributed by atoms with Gasteiger partial charge in [0.2, 0.25) is 0 Å². The summed E-state index contributed by atoms with van der Waals surface area (Å²) in [4.78, 5) is 2.42. The number of aromatic nitrogens is 1. The first kappa shape index (κ1) is 41.1. The van der Waals surface area contributed by atoms with Crippen molar-refractivity contribution in [3.05, 3.63) is 242 Å². The van der Waals surface area contributed by atoms with Crippen molar-refractivity contribution < 1.29 is 0 Å². The van der Waals surface area contributed by atoms with Crippen LogP contribution in [0.1, 0.15) is 44.1 Å². The van der Waals surface area contributed by atoms with Crippen molar-refractivity contribution in [1.29, 1.82) is 0 Å².